The Labute approximate surface area is 161 Å². The van der Waals surface area contributed by atoms with Crippen LogP contribution in [0.4, 0.5) is 0 Å². The second-order valence-electron chi connectivity index (χ2n) is 7.10. The molecule has 0 aliphatic carbocycles. The predicted octanol–water partition coefficient (Wildman–Crippen LogP) is 0.947. The molecule has 8 nitrogen and oxygen atoms in total. The molecule has 0 saturated carbocycles. The van der Waals surface area contributed by atoms with E-state index in [0.717, 1.165) is 5.56 Å². The molecule has 0 spiro atoms. The van der Waals surface area contributed by atoms with Crippen molar-refractivity contribution in [3.05, 3.63) is 48.0 Å². The SMILES string of the molecule is CC(=O)OC(OC(C)=O)[C@@]12C=C[C@@H](O1)[C@@H]1C(=O)N(Cc3ccccc3)C(=O)[C@H]12. The summed E-state index contributed by atoms with van der Waals surface area (Å²) in [6.45, 7) is 2.47. The highest BCUT2D eigenvalue weighted by atomic mass is 16.7. The summed E-state index contributed by atoms with van der Waals surface area (Å²) in [6, 6.07) is 9.16. The molecular formula is C20H19NO7. The van der Waals surface area contributed by atoms with Gasteiger partial charge in [-0.3, -0.25) is 24.1 Å². The van der Waals surface area contributed by atoms with Crippen molar-refractivity contribution in [3.8, 4) is 0 Å². The first-order valence-electron chi connectivity index (χ1n) is 8.94. The Morgan fingerprint density at radius 2 is 1.75 bits per heavy atom. The first-order valence-corrected chi connectivity index (χ1v) is 8.94. The molecule has 8 heteroatoms. The molecule has 146 valence electrons. The molecule has 0 unspecified atom stereocenters. The lowest BCUT2D eigenvalue weighted by atomic mass is 9.76. The lowest BCUT2D eigenvalue weighted by Crippen LogP contribution is -2.52. The number of ether oxygens (including phenoxy) is 3. The van der Waals surface area contributed by atoms with E-state index < -0.39 is 47.7 Å². The normalized spacial score (nSPS) is 30.1. The van der Waals surface area contributed by atoms with Crippen molar-refractivity contribution in [2.75, 3.05) is 0 Å². The number of likely N-dealkylation sites (tertiary alicyclic amines) is 1. The number of imide groups is 1. The molecule has 2 fully saturated rings. The Bertz CT molecular complexity index is 864. The van der Waals surface area contributed by atoms with Crippen LogP contribution in [0.15, 0.2) is 42.5 Å². The second-order valence-corrected chi connectivity index (χ2v) is 7.10. The highest BCUT2D eigenvalue weighted by Gasteiger charge is 2.71. The minimum atomic E-state index is -1.51. The average molecular weight is 385 g/mol. The van der Waals surface area contributed by atoms with Gasteiger partial charge in [0.15, 0.2) is 5.60 Å². The van der Waals surface area contributed by atoms with Gasteiger partial charge < -0.3 is 14.2 Å². The molecule has 3 aliphatic rings. The van der Waals surface area contributed by atoms with E-state index in [1.807, 2.05) is 30.3 Å². The molecule has 4 atom stereocenters. The average Bonchev–Trinajstić information content (AvgIpc) is 3.29. The van der Waals surface area contributed by atoms with Crippen LogP contribution in [0.5, 0.6) is 0 Å². The smallest absolute Gasteiger partial charge is 0.305 e. The maximum atomic E-state index is 13.2. The van der Waals surface area contributed by atoms with Crippen molar-refractivity contribution in [2.24, 2.45) is 11.8 Å². The second kappa shape index (κ2) is 6.56. The number of carbonyl (C=O) groups excluding carboxylic acids is 4. The van der Waals surface area contributed by atoms with Gasteiger partial charge in [-0.1, -0.05) is 36.4 Å². The lowest BCUT2D eigenvalue weighted by molar-refractivity contribution is -0.227. The third-order valence-corrected chi connectivity index (χ3v) is 5.27. The Morgan fingerprint density at radius 1 is 1.11 bits per heavy atom. The van der Waals surface area contributed by atoms with Crippen LogP contribution in [0.25, 0.3) is 0 Å². The van der Waals surface area contributed by atoms with Gasteiger partial charge in [-0.15, -0.1) is 0 Å². The molecule has 1 aromatic carbocycles. The summed E-state index contributed by atoms with van der Waals surface area (Å²) >= 11 is 0. The summed E-state index contributed by atoms with van der Waals surface area (Å²) in [5, 5.41) is 0. The number of carbonyl (C=O) groups is 4. The van der Waals surface area contributed by atoms with Crippen LogP contribution < -0.4 is 0 Å². The zero-order valence-corrected chi connectivity index (χ0v) is 15.4. The molecule has 0 radical (unpaired) electrons. The number of benzene rings is 1. The fraction of sp³-hybridized carbons (Fsp3) is 0.400. The largest absolute Gasteiger partial charge is 0.422 e. The molecule has 3 heterocycles. The number of hydrogen-bond acceptors (Lipinski definition) is 7. The maximum Gasteiger partial charge on any atom is 0.305 e. The van der Waals surface area contributed by atoms with Crippen molar-refractivity contribution >= 4 is 23.8 Å². The highest BCUT2D eigenvalue weighted by Crippen LogP contribution is 2.54. The van der Waals surface area contributed by atoms with Crippen LogP contribution >= 0.6 is 0 Å². The summed E-state index contributed by atoms with van der Waals surface area (Å²) in [5.41, 5.74) is -0.693. The summed E-state index contributed by atoms with van der Waals surface area (Å²) in [5.74, 6) is -3.84. The van der Waals surface area contributed by atoms with E-state index in [1.165, 1.54) is 18.7 Å². The molecule has 0 aromatic heterocycles. The quantitative estimate of drug-likeness (QED) is 0.322. The number of rotatable bonds is 5. The highest BCUT2D eigenvalue weighted by molar-refractivity contribution is 6.07. The molecule has 4 rings (SSSR count). The van der Waals surface area contributed by atoms with E-state index in [0.29, 0.717) is 0 Å². The van der Waals surface area contributed by atoms with Gasteiger partial charge in [0.2, 0.25) is 11.8 Å². The Kier molecular flexibility index (Phi) is 4.30. The van der Waals surface area contributed by atoms with Gasteiger partial charge in [-0.25, -0.2) is 0 Å². The van der Waals surface area contributed by atoms with Gasteiger partial charge in [-0.2, -0.15) is 0 Å². The van der Waals surface area contributed by atoms with Crippen LogP contribution in [0.1, 0.15) is 19.4 Å². The zero-order valence-electron chi connectivity index (χ0n) is 15.4. The summed E-state index contributed by atoms with van der Waals surface area (Å²) in [4.78, 5) is 50.5. The number of fused-ring (bicyclic) bond motifs is 5. The topological polar surface area (TPSA) is 99.2 Å². The molecule has 3 aliphatic heterocycles. The number of hydrogen-bond donors (Lipinski definition) is 0. The van der Waals surface area contributed by atoms with Gasteiger partial charge in [0.05, 0.1) is 24.5 Å². The third kappa shape index (κ3) is 2.72. The number of amides is 2. The van der Waals surface area contributed by atoms with E-state index in [2.05, 4.69) is 0 Å². The van der Waals surface area contributed by atoms with Crippen molar-refractivity contribution in [3.63, 3.8) is 0 Å². The fourth-order valence-corrected chi connectivity index (χ4v) is 4.20. The summed E-state index contributed by atoms with van der Waals surface area (Å²) in [7, 11) is 0. The lowest BCUT2D eigenvalue weighted by Gasteiger charge is -2.34. The van der Waals surface area contributed by atoms with Crippen LogP contribution in [0.2, 0.25) is 0 Å². The molecular weight excluding hydrogens is 366 g/mol. The van der Waals surface area contributed by atoms with Gasteiger partial charge in [0, 0.05) is 13.8 Å². The van der Waals surface area contributed by atoms with Gasteiger partial charge in [0.25, 0.3) is 6.29 Å². The Morgan fingerprint density at radius 3 is 2.36 bits per heavy atom. The number of esters is 2. The standard InChI is InChI=1S/C20H19NO7/c1-11(22)26-19(27-12(2)23)20-9-8-14(28-20)15-16(20)18(25)21(17(15)24)10-13-6-4-3-5-7-13/h3-9,14-16,19H,10H2,1-2H3/t14-,15+,16+,20+/m1/s1. The summed E-state index contributed by atoms with van der Waals surface area (Å²) < 4.78 is 16.2. The van der Waals surface area contributed by atoms with E-state index in [-0.39, 0.29) is 12.5 Å². The molecule has 0 N–H and O–H groups in total. The van der Waals surface area contributed by atoms with E-state index >= 15 is 0 Å². The van der Waals surface area contributed by atoms with Crippen molar-refractivity contribution in [2.45, 2.75) is 38.4 Å². The van der Waals surface area contributed by atoms with Crippen LogP contribution in [0, 0.1) is 11.8 Å². The van der Waals surface area contributed by atoms with Gasteiger partial charge in [-0.05, 0) is 11.6 Å². The monoisotopic (exact) mass is 385 g/mol. The summed E-state index contributed by atoms with van der Waals surface area (Å²) in [6.07, 6.45) is 1.12. The molecule has 2 bridgehead atoms. The predicted molar refractivity (Wildman–Crippen MR) is 93.0 cm³/mol. The van der Waals surface area contributed by atoms with Crippen LogP contribution in [-0.4, -0.2) is 46.6 Å². The first-order chi connectivity index (χ1) is 13.3. The molecule has 2 amide bonds. The minimum Gasteiger partial charge on any atom is -0.422 e. The molecule has 2 saturated heterocycles. The molecule has 1 aromatic rings. The zero-order chi connectivity index (χ0) is 20.1. The van der Waals surface area contributed by atoms with Gasteiger partial charge >= 0.3 is 11.9 Å². The van der Waals surface area contributed by atoms with Crippen molar-refractivity contribution in [1.29, 1.82) is 0 Å². The maximum absolute atomic E-state index is 13.2. The third-order valence-electron chi connectivity index (χ3n) is 5.27. The van der Waals surface area contributed by atoms with E-state index in [4.69, 9.17) is 14.2 Å². The van der Waals surface area contributed by atoms with Gasteiger partial charge in [0.1, 0.15) is 0 Å². The minimum absolute atomic E-state index is 0.139. The Hall–Kier alpha value is -3.00. The van der Waals surface area contributed by atoms with Crippen molar-refractivity contribution < 1.29 is 33.4 Å². The first kappa shape index (κ1) is 18.4. The van der Waals surface area contributed by atoms with Crippen LogP contribution in [0.3, 0.4) is 0 Å². The van der Waals surface area contributed by atoms with Crippen molar-refractivity contribution in [1.82, 2.24) is 4.90 Å². The Balaban J connectivity index is 1.67. The van der Waals surface area contributed by atoms with E-state index in [9.17, 15) is 19.2 Å². The van der Waals surface area contributed by atoms with Crippen LogP contribution in [-0.2, 0) is 39.9 Å². The molecule has 28 heavy (non-hydrogen) atoms. The number of nitrogens with zero attached hydrogens (tertiary/aromatic N) is 1. The van der Waals surface area contributed by atoms with E-state index in [1.54, 1.807) is 12.2 Å². The fourth-order valence-electron chi connectivity index (χ4n) is 4.20.